The molecular weight excluding hydrogens is 312 g/mol. The summed E-state index contributed by atoms with van der Waals surface area (Å²) in [5.74, 6) is -0.768. The van der Waals surface area contributed by atoms with E-state index in [0.29, 0.717) is 6.07 Å². The Labute approximate surface area is 122 Å². The molecule has 112 valence electrons. The van der Waals surface area contributed by atoms with Crippen molar-refractivity contribution in [2.75, 3.05) is 12.4 Å². The zero-order valence-corrected chi connectivity index (χ0v) is 11.4. The highest BCUT2D eigenvalue weighted by Crippen LogP contribution is 2.33. The van der Waals surface area contributed by atoms with Gasteiger partial charge in [0, 0.05) is 11.8 Å². The topological polar surface area (TPSA) is 34.1 Å². The number of benzene rings is 1. The van der Waals surface area contributed by atoms with Gasteiger partial charge >= 0.3 is 6.18 Å². The zero-order chi connectivity index (χ0) is 15.6. The number of ether oxygens (including phenoxy) is 1. The van der Waals surface area contributed by atoms with Gasteiger partial charge < -0.3 is 10.1 Å². The van der Waals surface area contributed by atoms with E-state index in [0.717, 1.165) is 12.1 Å². The maximum atomic E-state index is 13.5. The summed E-state index contributed by atoms with van der Waals surface area (Å²) in [6.45, 7) is 0. The van der Waals surface area contributed by atoms with Gasteiger partial charge in [-0.15, -0.1) is 0 Å². The summed E-state index contributed by atoms with van der Waals surface area (Å²) < 4.78 is 56.2. The summed E-state index contributed by atoms with van der Waals surface area (Å²) in [6.07, 6.45) is -4.55. The Bertz CT molecular complexity index is 661. The van der Waals surface area contributed by atoms with Crippen LogP contribution in [-0.4, -0.2) is 12.1 Å². The highest BCUT2D eigenvalue weighted by Gasteiger charge is 2.31. The van der Waals surface area contributed by atoms with Crippen molar-refractivity contribution >= 4 is 23.1 Å². The third-order valence-corrected chi connectivity index (χ3v) is 2.74. The van der Waals surface area contributed by atoms with E-state index in [1.54, 1.807) is 0 Å². The molecule has 0 fully saturated rings. The van der Waals surface area contributed by atoms with E-state index in [1.807, 2.05) is 0 Å². The van der Waals surface area contributed by atoms with Crippen LogP contribution in [-0.2, 0) is 6.18 Å². The summed E-state index contributed by atoms with van der Waals surface area (Å²) in [4.78, 5) is 3.72. The maximum Gasteiger partial charge on any atom is 0.416 e. The normalized spacial score (nSPS) is 11.3. The predicted octanol–water partition coefficient (Wildman–Crippen LogP) is 4.65. The van der Waals surface area contributed by atoms with Crippen LogP contribution < -0.4 is 10.1 Å². The van der Waals surface area contributed by atoms with Crippen molar-refractivity contribution in [3.8, 4) is 5.75 Å². The number of hydrogen-bond donors (Lipinski definition) is 1. The quantitative estimate of drug-likeness (QED) is 0.660. The molecule has 2 rings (SSSR count). The Morgan fingerprint density at radius 3 is 2.48 bits per heavy atom. The standard InChI is InChI=1S/C13H9ClF4N2O/c1-21-10-3-2-8(6-9(10)15)19-12-5-7(13(16,17)18)4-11(14)20-12/h2-6H,1H3,(H,19,20). The molecule has 0 saturated heterocycles. The van der Waals surface area contributed by atoms with Crippen LogP contribution >= 0.6 is 11.6 Å². The largest absolute Gasteiger partial charge is 0.494 e. The Hall–Kier alpha value is -2.02. The fourth-order valence-electron chi connectivity index (χ4n) is 1.62. The van der Waals surface area contributed by atoms with Gasteiger partial charge in [0.1, 0.15) is 11.0 Å². The highest BCUT2D eigenvalue weighted by molar-refractivity contribution is 6.29. The minimum absolute atomic E-state index is 0.0237. The van der Waals surface area contributed by atoms with Gasteiger partial charge in [0.15, 0.2) is 11.6 Å². The summed E-state index contributed by atoms with van der Waals surface area (Å²) in [6, 6.07) is 5.36. The molecule has 0 unspecified atom stereocenters. The molecule has 0 spiro atoms. The van der Waals surface area contributed by atoms with Crippen molar-refractivity contribution in [1.82, 2.24) is 4.98 Å². The third-order valence-electron chi connectivity index (χ3n) is 2.55. The van der Waals surface area contributed by atoms with Gasteiger partial charge in [0.25, 0.3) is 0 Å². The molecule has 1 aromatic carbocycles. The molecule has 0 aliphatic rings. The van der Waals surface area contributed by atoms with Gasteiger partial charge in [-0.05, 0) is 24.3 Å². The van der Waals surface area contributed by atoms with Crippen molar-refractivity contribution < 1.29 is 22.3 Å². The number of alkyl halides is 3. The predicted molar refractivity (Wildman–Crippen MR) is 70.5 cm³/mol. The van der Waals surface area contributed by atoms with Gasteiger partial charge in [-0.3, -0.25) is 0 Å². The monoisotopic (exact) mass is 320 g/mol. The maximum absolute atomic E-state index is 13.5. The molecule has 1 aromatic heterocycles. The first-order chi connectivity index (χ1) is 9.79. The lowest BCUT2D eigenvalue weighted by molar-refractivity contribution is -0.137. The van der Waals surface area contributed by atoms with E-state index in [1.165, 1.54) is 19.2 Å². The van der Waals surface area contributed by atoms with E-state index in [2.05, 4.69) is 10.3 Å². The van der Waals surface area contributed by atoms with Crippen LogP contribution in [0, 0.1) is 5.82 Å². The number of pyridine rings is 1. The van der Waals surface area contributed by atoms with E-state index >= 15 is 0 Å². The molecule has 0 aliphatic heterocycles. The number of nitrogens with one attached hydrogen (secondary N) is 1. The minimum atomic E-state index is -4.55. The van der Waals surface area contributed by atoms with Gasteiger partial charge in [0.05, 0.1) is 12.7 Å². The van der Waals surface area contributed by atoms with Gasteiger partial charge in [-0.25, -0.2) is 9.37 Å². The molecule has 0 atom stereocenters. The van der Waals surface area contributed by atoms with Crippen LogP contribution in [0.3, 0.4) is 0 Å². The number of rotatable bonds is 3. The molecule has 21 heavy (non-hydrogen) atoms. The average molecular weight is 321 g/mol. The molecule has 3 nitrogen and oxygen atoms in total. The van der Waals surface area contributed by atoms with Crippen molar-refractivity contribution in [2.45, 2.75) is 6.18 Å². The van der Waals surface area contributed by atoms with Crippen molar-refractivity contribution in [2.24, 2.45) is 0 Å². The van der Waals surface area contributed by atoms with Crippen molar-refractivity contribution in [3.05, 3.63) is 46.9 Å². The van der Waals surface area contributed by atoms with Gasteiger partial charge in [-0.1, -0.05) is 11.6 Å². The van der Waals surface area contributed by atoms with Crippen LogP contribution in [0.15, 0.2) is 30.3 Å². The number of aromatic nitrogens is 1. The molecule has 0 saturated carbocycles. The molecule has 0 amide bonds. The average Bonchev–Trinajstić information content (AvgIpc) is 2.37. The van der Waals surface area contributed by atoms with E-state index in [4.69, 9.17) is 16.3 Å². The Morgan fingerprint density at radius 2 is 1.90 bits per heavy atom. The van der Waals surface area contributed by atoms with E-state index < -0.39 is 17.6 Å². The third kappa shape index (κ3) is 3.75. The summed E-state index contributed by atoms with van der Waals surface area (Å²) in [5.41, 5.74) is -0.727. The van der Waals surface area contributed by atoms with Crippen LogP contribution in [0.4, 0.5) is 29.1 Å². The van der Waals surface area contributed by atoms with Gasteiger partial charge in [-0.2, -0.15) is 13.2 Å². The molecule has 0 bridgehead atoms. The van der Waals surface area contributed by atoms with Crippen LogP contribution in [0.2, 0.25) is 5.15 Å². The second kappa shape index (κ2) is 5.77. The van der Waals surface area contributed by atoms with Crippen molar-refractivity contribution in [3.63, 3.8) is 0 Å². The number of halogens is 5. The van der Waals surface area contributed by atoms with Crippen LogP contribution in [0.1, 0.15) is 5.56 Å². The summed E-state index contributed by atoms with van der Waals surface area (Å²) in [7, 11) is 1.31. The lowest BCUT2D eigenvalue weighted by Crippen LogP contribution is -2.06. The number of hydrogen-bond acceptors (Lipinski definition) is 3. The highest BCUT2D eigenvalue weighted by atomic mass is 35.5. The van der Waals surface area contributed by atoms with Gasteiger partial charge in [0.2, 0.25) is 0 Å². The summed E-state index contributed by atoms with van der Waals surface area (Å²) >= 11 is 5.56. The van der Waals surface area contributed by atoms with Crippen molar-refractivity contribution in [1.29, 1.82) is 0 Å². The fraction of sp³-hybridized carbons (Fsp3) is 0.154. The Balaban J connectivity index is 2.31. The van der Waals surface area contributed by atoms with E-state index in [-0.39, 0.29) is 22.4 Å². The lowest BCUT2D eigenvalue weighted by atomic mass is 10.2. The van der Waals surface area contributed by atoms with E-state index in [9.17, 15) is 17.6 Å². The number of methoxy groups -OCH3 is 1. The molecule has 0 aliphatic carbocycles. The molecule has 1 heterocycles. The molecule has 2 aromatic rings. The molecule has 1 N–H and O–H groups in total. The minimum Gasteiger partial charge on any atom is -0.494 e. The fourth-order valence-corrected chi connectivity index (χ4v) is 1.83. The molecular formula is C13H9ClF4N2O. The molecule has 8 heteroatoms. The zero-order valence-electron chi connectivity index (χ0n) is 10.6. The Kier molecular flexibility index (Phi) is 4.22. The molecule has 0 radical (unpaired) electrons. The lowest BCUT2D eigenvalue weighted by Gasteiger charge is -2.11. The second-order valence-electron chi connectivity index (χ2n) is 4.04. The summed E-state index contributed by atoms with van der Waals surface area (Å²) in [5, 5.41) is 2.24. The van der Waals surface area contributed by atoms with Crippen LogP contribution in [0.5, 0.6) is 5.75 Å². The number of nitrogens with zero attached hydrogens (tertiary/aromatic N) is 1. The smallest absolute Gasteiger partial charge is 0.416 e. The van der Waals surface area contributed by atoms with Crippen LogP contribution in [0.25, 0.3) is 0 Å². The Morgan fingerprint density at radius 1 is 1.19 bits per heavy atom. The number of anilines is 2. The first-order valence-electron chi connectivity index (χ1n) is 5.65. The first kappa shape index (κ1) is 15.4. The first-order valence-corrected chi connectivity index (χ1v) is 6.03. The second-order valence-corrected chi connectivity index (χ2v) is 4.42. The SMILES string of the molecule is COc1ccc(Nc2cc(C(F)(F)F)cc(Cl)n2)cc1F.